The molecule has 10 nitrogen and oxygen atoms in total. The summed E-state index contributed by atoms with van der Waals surface area (Å²) in [6.45, 7) is 25.9. The molecule has 0 aliphatic rings. The second-order valence-corrected chi connectivity index (χ2v) is 23.2. The van der Waals surface area contributed by atoms with Gasteiger partial charge in [0.05, 0.1) is 37.6 Å². The van der Waals surface area contributed by atoms with E-state index in [9.17, 15) is 20.4 Å². The topological polar surface area (TPSA) is 139 Å². The van der Waals surface area contributed by atoms with Gasteiger partial charge in [0.1, 0.15) is 11.5 Å². The Hall–Kier alpha value is -4.88. The molecule has 4 rings (SSSR count). The second-order valence-electron chi connectivity index (χ2n) is 23.2. The maximum Gasteiger partial charge on any atom is 0.119 e. The van der Waals surface area contributed by atoms with Gasteiger partial charge in [-0.15, -0.1) is 0 Å². The van der Waals surface area contributed by atoms with Crippen LogP contribution in [0.1, 0.15) is 212 Å². The maximum atomic E-state index is 10.3. The number of nitrogens with zero attached hydrogens (tertiary/aromatic N) is 1. The molecule has 0 fully saturated rings. The molecule has 7 N–H and O–H groups in total. The molecule has 0 radical (unpaired) electrons. The molecule has 0 aliphatic heterocycles. The number of ether oxygens (including phenoxy) is 2. The lowest BCUT2D eigenvalue weighted by Gasteiger charge is -2.25. The number of hydrogen-bond donors (Lipinski definition) is 7. The predicted molar refractivity (Wildman–Crippen MR) is 373 cm³/mol. The van der Waals surface area contributed by atoms with Gasteiger partial charge < -0.3 is 50.8 Å². The molecule has 0 saturated heterocycles. The van der Waals surface area contributed by atoms with E-state index in [4.69, 9.17) is 9.47 Å². The molecule has 0 amide bonds. The molecule has 4 aromatic rings. The fourth-order valence-corrected chi connectivity index (χ4v) is 9.74. The van der Waals surface area contributed by atoms with Crippen molar-refractivity contribution in [1.29, 1.82) is 0 Å². The summed E-state index contributed by atoms with van der Waals surface area (Å²) in [7, 11) is 5.86. The van der Waals surface area contributed by atoms with Gasteiger partial charge in [-0.1, -0.05) is 249 Å². The molecule has 484 valence electrons. The van der Waals surface area contributed by atoms with Crippen molar-refractivity contribution in [2.24, 2.45) is 0 Å². The van der Waals surface area contributed by atoms with Gasteiger partial charge in [-0.05, 0) is 150 Å². The van der Waals surface area contributed by atoms with Gasteiger partial charge in [0.2, 0.25) is 0 Å². The van der Waals surface area contributed by atoms with Gasteiger partial charge in [0.15, 0.2) is 0 Å². The number of nitrogens with one attached hydrogen (secondary N) is 3. The van der Waals surface area contributed by atoms with Crippen molar-refractivity contribution < 1.29 is 29.9 Å². The maximum absolute atomic E-state index is 10.3. The van der Waals surface area contributed by atoms with Crippen LogP contribution in [-0.2, 0) is 12.8 Å². The Morgan fingerprint density at radius 2 is 0.756 bits per heavy atom. The summed E-state index contributed by atoms with van der Waals surface area (Å²) >= 11 is 0. The first kappa shape index (κ1) is 79.1. The number of hydrogen-bond acceptors (Lipinski definition) is 10. The first-order chi connectivity index (χ1) is 41.6. The van der Waals surface area contributed by atoms with Gasteiger partial charge in [-0.2, -0.15) is 0 Å². The zero-order chi connectivity index (χ0) is 63.7. The molecule has 86 heavy (non-hydrogen) atoms. The third-order valence-electron chi connectivity index (χ3n) is 15.3. The van der Waals surface area contributed by atoms with Crippen LogP contribution < -0.4 is 25.4 Å². The minimum atomic E-state index is -0.468. The number of rotatable bonds is 40. The zero-order valence-electron chi connectivity index (χ0n) is 56.5. The Kier molecular flexibility index (Phi) is 47.0. The first-order valence-electron chi connectivity index (χ1n) is 33.5. The standard InChI is InChI=1S/C20H33NO.C19H31NO2.C19H31NO.C18H29NO2/c1-5-7-8-9-17-10-12-18(13-11-17)14-15-20(22)19(6-2)21-16(3)4;1-5-7-8-15-22-17-12-9-16(10-13-17)11-14-19(21)18(6-2)20(3)4;1-4-7-8-9-16-10-12-17(13-11-16)14-15-19(21)18(5-2)20-6-3;1-4-6-7-14-21-16-11-8-15(9-12-16)10-13-18(20)17(5-2)19-3/h10-16,19-22H,5-9H2,1-4H3;9-14,18-19,21H,5-8,15H2,1-4H3;10-15,18-21H,4-9H2,1-3H3;8-13,17-20H,4-7,14H2,1-3H3/b15-14+;14-11+;15-14+;13-10+/t19-,20+;2*18-,19+;17-,18+/m1111/s1. The first-order valence-corrected chi connectivity index (χ1v) is 33.5. The summed E-state index contributed by atoms with van der Waals surface area (Å²) in [6.07, 6.45) is 34.4. The molecule has 10 heteroatoms. The molecule has 0 aliphatic carbocycles. The number of aryl methyl sites for hydroxylation is 2. The summed E-state index contributed by atoms with van der Waals surface area (Å²) in [5.41, 5.74) is 7.26. The number of aliphatic hydroxyl groups is 4. The molecule has 8 atom stereocenters. The van der Waals surface area contributed by atoms with Crippen molar-refractivity contribution in [3.63, 3.8) is 0 Å². The molecule has 0 spiro atoms. The van der Waals surface area contributed by atoms with Crippen LogP contribution in [0, 0.1) is 0 Å². The van der Waals surface area contributed by atoms with Crippen LogP contribution in [0.3, 0.4) is 0 Å². The summed E-state index contributed by atoms with van der Waals surface area (Å²) in [6, 6.07) is 34.2. The molecule has 0 bridgehead atoms. The van der Waals surface area contributed by atoms with E-state index in [0.29, 0.717) is 6.04 Å². The molecule has 0 unspecified atom stereocenters. The lowest BCUT2D eigenvalue weighted by molar-refractivity contribution is 0.110. The fourth-order valence-electron chi connectivity index (χ4n) is 9.74. The molecule has 0 saturated carbocycles. The molecular weight excluding hydrogens is 1060 g/mol. The fraction of sp³-hybridized carbons (Fsp3) is 0.579. The highest BCUT2D eigenvalue weighted by atomic mass is 16.5. The number of benzene rings is 4. The second kappa shape index (κ2) is 51.0. The Labute approximate surface area is 526 Å². The van der Waals surface area contributed by atoms with E-state index in [0.717, 1.165) is 98.5 Å². The Balaban J connectivity index is 0.000000573. The quantitative estimate of drug-likeness (QED) is 0.0216. The predicted octanol–water partition coefficient (Wildman–Crippen LogP) is 16.3. The van der Waals surface area contributed by atoms with Crippen molar-refractivity contribution in [3.8, 4) is 11.5 Å². The van der Waals surface area contributed by atoms with Gasteiger partial charge in [0, 0.05) is 30.2 Å². The van der Waals surface area contributed by atoms with E-state index in [2.05, 4.69) is 146 Å². The molecule has 0 aromatic heterocycles. The smallest absolute Gasteiger partial charge is 0.119 e. The Morgan fingerprint density at radius 1 is 0.419 bits per heavy atom. The van der Waals surface area contributed by atoms with E-state index in [1.165, 1.54) is 81.8 Å². The minimum Gasteiger partial charge on any atom is -0.494 e. The van der Waals surface area contributed by atoms with Gasteiger partial charge in [0.25, 0.3) is 0 Å². The van der Waals surface area contributed by atoms with Crippen LogP contribution in [0.25, 0.3) is 24.3 Å². The lowest BCUT2D eigenvalue weighted by Crippen LogP contribution is -2.42. The normalized spacial score (nSPS) is 14.5. The van der Waals surface area contributed by atoms with Crippen LogP contribution >= 0.6 is 0 Å². The van der Waals surface area contributed by atoms with Crippen molar-refractivity contribution in [3.05, 3.63) is 155 Å². The monoisotopic (exact) mass is 1190 g/mol. The number of aliphatic hydroxyl groups excluding tert-OH is 4. The highest BCUT2D eigenvalue weighted by Crippen LogP contribution is 2.18. The third-order valence-corrected chi connectivity index (χ3v) is 15.3. The summed E-state index contributed by atoms with van der Waals surface area (Å²) < 4.78 is 11.4. The van der Waals surface area contributed by atoms with Crippen molar-refractivity contribution >= 4 is 24.3 Å². The summed E-state index contributed by atoms with van der Waals surface area (Å²) in [5, 5.41) is 50.5. The third kappa shape index (κ3) is 37.1. The summed E-state index contributed by atoms with van der Waals surface area (Å²) in [5.74, 6) is 1.82. The number of unbranched alkanes of at least 4 members (excludes halogenated alkanes) is 8. The van der Waals surface area contributed by atoms with Crippen LogP contribution in [0.4, 0.5) is 0 Å². The van der Waals surface area contributed by atoms with Gasteiger partial charge in [-0.3, -0.25) is 0 Å². The van der Waals surface area contributed by atoms with E-state index in [-0.39, 0.29) is 24.2 Å². The lowest BCUT2D eigenvalue weighted by atomic mass is 10.0. The average Bonchev–Trinajstić information content (AvgIpc) is 3.73. The van der Waals surface area contributed by atoms with Gasteiger partial charge >= 0.3 is 0 Å². The molecule has 0 heterocycles. The van der Waals surface area contributed by atoms with Crippen molar-refractivity contribution in [2.45, 2.75) is 246 Å². The highest BCUT2D eigenvalue weighted by molar-refractivity contribution is 5.53. The highest BCUT2D eigenvalue weighted by Gasteiger charge is 2.17. The van der Waals surface area contributed by atoms with E-state index >= 15 is 0 Å². The van der Waals surface area contributed by atoms with Gasteiger partial charge in [-0.25, -0.2) is 0 Å². The van der Waals surface area contributed by atoms with Crippen LogP contribution in [0.2, 0.25) is 0 Å². The van der Waals surface area contributed by atoms with Crippen LogP contribution in [-0.4, -0.2) is 121 Å². The SMILES string of the molecule is CCCCCOc1ccc(/C=C/[C@H](O)[C@@H](CC)N(C)C)cc1.CCCCCOc1ccc(/C=C/[C@H](O)[C@@H](CC)NC)cc1.CCCCCc1ccc(/C=C/[C@H](O)[C@@H](CC)NC(C)C)cc1.CCCCCc1ccc(/C=C/[C@H](O)[C@@H](CC)NCC)cc1. The zero-order valence-corrected chi connectivity index (χ0v) is 56.5. The number of likely N-dealkylation sites (N-methyl/N-ethyl adjacent to an activating group) is 3. The minimum absolute atomic E-state index is 0.0995. The molecule has 4 aromatic carbocycles. The van der Waals surface area contributed by atoms with E-state index in [1.54, 1.807) is 0 Å². The van der Waals surface area contributed by atoms with Crippen molar-refractivity contribution in [2.75, 3.05) is 40.9 Å². The average molecular weight is 1190 g/mol. The van der Waals surface area contributed by atoms with Crippen LogP contribution in [0.15, 0.2) is 121 Å². The van der Waals surface area contributed by atoms with E-state index < -0.39 is 24.4 Å². The van der Waals surface area contributed by atoms with Crippen molar-refractivity contribution in [1.82, 2.24) is 20.9 Å². The Morgan fingerprint density at radius 3 is 1.07 bits per heavy atom. The largest absolute Gasteiger partial charge is 0.494 e. The van der Waals surface area contributed by atoms with Crippen LogP contribution in [0.5, 0.6) is 11.5 Å². The van der Waals surface area contributed by atoms with E-state index in [1.807, 2.05) is 118 Å². The summed E-state index contributed by atoms with van der Waals surface area (Å²) in [4.78, 5) is 2.06. The Bertz CT molecular complexity index is 2290. The molecular formula is C76H124N4O6.